The largest absolute Gasteiger partial charge is 0.335 e. The first-order valence-corrected chi connectivity index (χ1v) is 4.66. The average molecular weight is 215 g/mol. The number of halogens is 1. The summed E-state index contributed by atoms with van der Waals surface area (Å²) >= 11 is 3.35. The van der Waals surface area contributed by atoms with E-state index < -0.39 is 0 Å². The van der Waals surface area contributed by atoms with Crippen LogP contribution in [0.5, 0.6) is 0 Å². The van der Waals surface area contributed by atoms with Crippen LogP contribution in [0.3, 0.4) is 0 Å². The Morgan fingerprint density at radius 3 is 3.09 bits per heavy atom. The second-order valence-electron chi connectivity index (χ2n) is 2.28. The fraction of sp³-hybridized carbons (Fsp3) is 0.375. The molecule has 1 aromatic heterocycles. The number of aryl methyl sites for hydroxylation is 1. The lowest BCUT2D eigenvalue weighted by molar-refractivity contribution is 0.896. The molecule has 0 aliphatic rings. The maximum atomic E-state index is 4.15. The van der Waals surface area contributed by atoms with E-state index in [0.29, 0.717) is 0 Å². The van der Waals surface area contributed by atoms with Crippen LogP contribution in [0.25, 0.3) is 6.08 Å². The molecule has 0 aliphatic carbocycles. The Hall–Kier alpha value is -0.570. The van der Waals surface area contributed by atoms with Crippen molar-refractivity contribution in [3.63, 3.8) is 0 Å². The second kappa shape index (κ2) is 4.34. The van der Waals surface area contributed by atoms with Crippen molar-refractivity contribution < 1.29 is 0 Å². The van der Waals surface area contributed by atoms with Gasteiger partial charge in [0.2, 0.25) is 0 Å². The van der Waals surface area contributed by atoms with Gasteiger partial charge in [-0.2, -0.15) is 0 Å². The number of aromatic nitrogens is 2. The summed E-state index contributed by atoms with van der Waals surface area (Å²) in [4.78, 5) is 4.15. The van der Waals surface area contributed by atoms with Gasteiger partial charge >= 0.3 is 0 Å². The topological polar surface area (TPSA) is 17.8 Å². The number of nitrogens with zero attached hydrogens (tertiary/aromatic N) is 2. The molecule has 0 saturated carbocycles. The van der Waals surface area contributed by atoms with Gasteiger partial charge in [-0.3, -0.25) is 0 Å². The Bertz CT molecular complexity index is 240. The minimum atomic E-state index is 1.01. The van der Waals surface area contributed by atoms with Crippen LogP contribution < -0.4 is 0 Å². The molecule has 11 heavy (non-hydrogen) atoms. The molecule has 3 heteroatoms. The van der Waals surface area contributed by atoms with E-state index in [2.05, 4.69) is 27.0 Å². The lowest BCUT2D eigenvalue weighted by Gasteiger charge is -1.92. The summed E-state index contributed by atoms with van der Waals surface area (Å²) in [5, 5.41) is 1.01. The quantitative estimate of drug-likeness (QED) is 0.707. The van der Waals surface area contributed by atoms with Gasteiger partial charge in [-0.25, -0.2) is 4.98 Å². The van der Waals surface area contributed by atoms with Crippen LogP contribution in [-0.4, -0.2) is 14.9 Å². The second-order valence-corrected chi connectivity index (χ2v) is 3.07. The SMILES string of the molecule is Cn1ccnc1/C=C/CCBr. The maximum Gasteiger partial charge on any atom is 0.131 e. The average Bonchev–Trinajstić information content (AvgIpc) is 2.37. The zero-order valence-corrected chi connectivity index (χ0v) is 8.08. The summed E-state index contributed by atoms with van der Waals surface area (Å²) in [6.07, 6.45) is 8.92. The summed E-state index contributed by atoms with van der Waals surface area (Å²) in [5.41, 5.74) is 0. The molecule has 1 heterocycles. The first kappa shape index (κ1) is 8.53. The summed E-state index contributed by atoms with van der Waals surface area (Å²) < 4.78 is 1.99. The maximum absolute atomic E-state index is 4.15. The number of allylic oxidation sites excluding steroid dienone is 1. The van der Waals surface area contributed by atoms with E-state index in [1.54, 1.807) is 6.20 Å². The molecule has 1 rings (SSSR count). The molecular formula is C8H11BrN2. The van der Waals surface area contributed by atoms with E-state index in [-0.39, 0.29) is 0 Å². The summed E-state index contributed by atoms with van der Waals surface area (Å²) in [7, 11) is 1.99. The van der Waals surface area contributed by atoms with E-state index in [9.17, 15) is 0 Å². The predicted octanol–water partition coefficient (Wildman–Crippen LogP) is 2.22. The predicted molar refractivity (Wildman–Crippen MR) is 50.7 cm³/mol. The van der Waals surface area contributed by atoms with E-state index in [1.165, 1.54) is 0 Å². The molecule has 0 fully saturated rings. The molecule has 0 atom stereocenters. The third-order valence-electron chi connectivity index (χ3n) is 1.40. The zero-order chi connectivity index (χ0) is 8.10. The molecular weight excluding hydrogens is 204 g/mol. The number of rotatable bonds is 3. The minimum absolute atomic E-state index is 1.01. The number of hydrogen-bond acceptors (Lipinski definition) is 1. The van der Waals surface area contributed by atoms with Crippen molar-refractivity contribution in [1.82, 2.24) is 9.55 Å². The molecule has 0 bridgehead atoms. The molecule has 0 spiro atoms. The van der Waals surface area contributed by atoms with Crippen molar-refractivity contribution >= 4 is 22.0 Å². The molecule has 0 aliphatic heterocycles. The third-order valence-corrected chi connectivity index (χ3v) is 1.86. The van der Waals surface area contributed by atoms with Crippen LogP contribution in [0, 0.1) is 0 Å². The van der Waals surface area contributed by atoms with Gasteiger partial charge in [0.25, 0.3) is 0 Å². The van der Waals surface area contributed by atoms with Gasteiger partial charge in [0.15, 0.2) is 0 Å². The van der Waals surface area contributed by atoms with Crippen molar-refractivity contribution in [2.45, 2.75) is 6.42 Å². The molecule has 0 aromatic carbocycles. The van der Waals surface area contributed by atoms with Gasteiger partial charge in [-0.05, 0) is 12.5 Å². The van der Waals surface area contributed by atoms with Crippen molar-refractivity contribution in [2.24, 2.45) is 7.05 Å². The van der Waals surface area contributed by atoms with Gasteiger partial charge in [-0.15, -0.1) is 0 Å². The van der Waals surface area contributed by atoms with E-state index >= 15 is 0 Å². The number of imidazole rings is 1. The Morgan fingerprint density at radius 2 is 2.55 bits per heavy atom. The van der Waals surface area contributed by atoms with Gasteiger partial charge in [0.05, 0.1) is 0 Å². The lowest BCUT2D eigenvalue weighted by Crippen LogP contribution is -1.88. The highest BCUT2D eigenvalue weighted by molar-refractivity contribution is 9.09. The van der Waals surface area contributed by atoms with E-state index in [0.717, 1.165) is 17.6 Å². The minimum Gasteiger partial charge on any atom is -0.335 e. The summed E-state index contributed by atoms with van der Waals surface area (Å²) in [6, 6.07) is 0. The Kier molecular flexibility index (Phi) is 3.36. The molecule has 0 amide bonds. The molecule has 2 nitrogen and oxygen atoms in total. The molecule has 0 unspecified atom stereocenters. The van der Waals surface area contributed by atoms with Crippen molar-refractivity contribution in [3.05, 3.63) is 24.3 Å². The van der Waals surface area contributed by atoms with Crippen LogP contribution in [0.1, 0.15) is 12.2 Å². The summed E-state index contributed by atoms with van der Waals surface area (Å²) in [6.45, 7) is 0. The molecule has 1 aromatic rings. The van der Waals surface area contributed by atoms with Crippen LogP contribution in [0.4, 0.5) is 0 Å². The van der Waals surface area contributed by atoms with E-state index in [4.69, 9.17) is 0 Å². The third kappa shape index (κ3) is 2.50. The van der Waals surface area contributed by atoms with Gasteiger partial charge in [0.1, 0.15) is 5.82 Å². The molecule has 0 N–H and O–H groups in total. The van der Waals surface area contributed by atoms with Gasteiger partial charge < -0.3 is 4.57 Å². The lowest BCUT2D eigenvalue weighted by atomic mass is 10.4. The van der Waals surface area contributed by atoms with Crippen molar-refractivity contribution in [1.29, 1.82) is 0 Å². The van der Waals surface area contributed by atoms with Crippen LogP contribution in [-0.2, 0) is 7.05 Å². The number of hydrogen-bond donors (Lipinski definition) is 0. The number of alkyl halides is 1. The van der Waals surface area contributed by atoms with Crippen molar-refractivity contribution in [3.8, 4) is 0 Å². The summed E-state index contributed by atoms with van der Waals surface area (Å²) in [5.74, 6) is 1.01. The van der Waals surface area contributed by atoms with E-state index in [1.807, 2.05) is 23.9 Å². The highest BCUT2D eigenvalue weighted by Crippen LogP contribution is 1.99. The first-order valence-electron chi connectivity index (χ1n) is 3.54. The monoisotopic (exact) mass is 214 g/mol. The standard InChI is InChI=1S/C8H11BrN2/c1-11-7-6-10-8(11)4-2-3-5-9/h2,4,6-7H,3,5H2,1H3/b4-2+. The molecule has 0 radical (unpaired) electrons. The van der Waals surface area contributed by atoms with Crippen LogP contribution in [0.2, 0.25) is 0 Å². The fourth-order valence-electron chi connectivity index (χ4n) is 0.789. The normalized spacial score (nSPS) is 11.1. The van der Waals surface area contributed by atoms with Crippen LogP contribution in [0.15, 0.2) is 18.5 Å². The van der Waals surface area contributed by atoms with Gasteiger partial charge in [0, 0.05) is 24.8 Å². The molecule has 0 saturated heterocycles. The van der Waals surface area contributed by atoms with Crippen LogP contribution >= 0.6 is 15.9 Å². The highest BCUT2D eigenvalue weighted by atomic mass is 79.9. The smallest absolute Gasteiger partial charge is 0.131 e. The Morgan fingerprint density at radius 1 is 1.73 bits per heavy atom. The van der Waals surface area contributed by atoms with Gasteiger partial charge in [-0.1, -0.05) is 22.0 Å². The first-order chi connectivity index (χ1) is 5.34. The Balaban J connectivity index is 2.56. The Labute approximate surface area is 75.1 Å². The highest BCUT2D eigenvalue weighted by Gasteiger charge is 1.90. The molecule has 60 valence electrons. The fourth-order valence-corrected chi connectivity index (χ4v) is 1.05. The zero-order valence-electron chi connectivity index (χ0n) is 6.50. The van der Waals surface area contributed by atoms with Crippen molar-refractivity contribution in [2.75, 3.05) is 5.33 Å².